The Morgan fingerprint density at radius 3 is 2.92 bits per heavy atom. The number of rotatable bonds is 4. The van der Waals surface area contributed by atoms with E-state index in [4.69, 9.17) is 9.97 Å². The molecule has 1 saturated carbocycles. The molecule has 7 nitrogen and oxygen atoms in total. The first-order chi connectivity index (χ1) is 17.6. The molecule has 0 bridgehead atoms. The molecule has 7 rings (SSSR count). The lowest BCUT2D eigenvalue weighted by Gasteiger charge is -2.26. The van der Waals surface area contributed by atoms with Crippen molar-refractivity contribution in [2.45, 2.75) is 38.0 Å². The number of halogens is 1. The maximum Gasteiger partial charge on any atom is 0.224 e. The van der Waals surface area contributed by atoms with Crippen molar-refractivity contribution in [2.75, 3.05) is 23.3 Å². The highest BCUT2D eigenvalue weighted by molar-refractivity contribution is 5.95. The molecule has 2 fully saturated rings. The Morgan fingerprint density at radius 2 is 2.06 bits per heavy atom. The minimum atomic E-state index is -0.0879. The van der Waals surface area contributed by atoms with Crippen LogP contribution in [0.25, 0.3) is 22.4 Å². The smallest absolute Gasteiger partial charge is 0.224 e. The molecule has 1 amide bonds. The SMILES string of the molecule is CC[C@]1(c2ccccc2F)[C@@H]2CCN(c3cnc4c(-c5ccc6c(c5)CCC(=O)N6)[nH]nc4n3)C[C@@H]21. The van der Waals surface area contributed by atoms with E-state index in [2.05, 4.69) is 33.4 Å². The molecule has 1 aliphatic carbocycles. The summed E-state index contributed by atoms with van der Waals surface area (Å²) in [6.07, 6.45) is 5.01. The van der Waals surface area contributed by atoms with E-state index in [-0.39, 0.29) is 17.1 Å². The second-order valence-electron chi connectivity index (χ2n) is 10.2. The normalized spacial score (nSPS) is 24.8. The Hall–Kier alpha value is -3.81. The quantitative estimate of drug-likeness (QED) is 0.434. The third kappa shape index (κ3) is 3.09. The average molecular weight is 483 g/mol. The number of nitrogens with zero attached hydrogens (tertiary/aromatic N) is 4. The summed E-state index contributed by atoms with van der Waals surface area (Å²) in [6, 6.07) is 13.3. The first-order valence-corrected chi connectivity index (χ1v) is 12.7. The predicted octanol–water partition coefficient (Wildman–Crippen LogP) is 4.85. The molecular weight excluding hydrogens is 455 g/mol. The number of H-pyrrole nitrogens is 1. The number of carbonyl (C=O) groups excluding carboxylic acids is 1. The minimum absolute atomic E-state index is 0.0564. The van der Waals surface area contributed by atoms with Crippen LogP contribution in [0, 0.1) is 17.7 Å². The van der Waals surface area contributed by atoms with E-state index < -0.39 is 0 Å². The fourth-order valence-corrected chi connectivity index (χ4v) is 6.82. The molecule has 0 unspecified atom stereocenters. The standard InChI is InChI=1S/C28H27FN6O/c1-2-28(19-5-3-4-6-21(19)29)18-11-12-35(15-20(18)28)23-14-30-26-25(33-34-27(26)32-23)17-7-9-22-16(13-17)8-10-24(36)31-22/h3-7,9,13-14,18,20H,2,8,10-12,15H2,1H3,(H,31,36)(H,32,33,34)/t18-,20+,28-/m1/s1. The highest BCUT2D eigenvalue weighted by Gasteiger charge is 2.65. The lowest BCUT2D eigenvalue weighted by atomic mass is 9.88. The Labute approximate surface area is 208 Å². The first kappa shape index (κ1) is 21.5. The van der Waals surface area contributed by atoms with E-state index >= 15 is 0 Å². The van der Waals surface area contributed by atoms with Gasteiger partial charge in [0.1, 0.15) is 17.2 Å². The second-order valence-corrected chi connectivity index (χ2v) is 10.2. The molecule has 36 heavy (non-hydrogen) atoms. The Bertz CT molecular complexity index is 1520. The van der Waals surface area contributed by atoms with E-state index in [1.807, 2.05) is 30.5 Å². The van der Waals surface area contributed by atoms with Crippen LogP contribution in [0.4, 0.5) is 15.9 Å². The number of anilines is 2. The lowest BCUT2D eigenvalue weighted by Crippen LogP contribution is -2.32. The van der Waals surface area contributed by atoms with Gasteiger partial charge >= 0.3 is 0 Å². The monoisotopic (exact) mass is 482 g/mol. The molecule has 3 aliphatic rings. The van der Waals surface area contributed by atoms with Gasteiger partial charge in [-0.25, -0.2) is 14.4 Å². The maximum absolute atomic E-state index is 14.7. The molecule has 2 N–H and O–H groups in total. The van der Waals surface area contributed by atoms with Crippen LogP contribution in [0.1, 0.15) is 37.3 Å². The van der Waals surface area contributed by atoms with E-state index in [1.165, 1.54) is 0 Å². The fourth-order valence-electron chi connectivity index (χ4n) is 6.82. The summed E-state index contributed by atoms with van der Waals surface area (Å²) in [7, 11) is 0. The van der Waals surface area contributed by atoms with Gasteiger partial charge in [0.15, 0.2) is 0 Å². The molecule has 8 heteroatoms. The molecule has 1 saturated heterocycles. The zero-order valence-electron chi connectivity index (χ0n) is 20.1. The summed E-state index contributed by atoms with van der Waals surface area (Å²) < 4.78 is 14.7. The van der Waals surface area contributed by atoms with Crippen molar-refractivity contribution in [3.05, 3.63) is 65.6 Å². The van der Waals surface area contributed by atoms with E-state index in [1.54, 1.807) is 12.1 Å². The number of hydrogen-bond donors (Lipinski definition) is 2. The van der Waals surface area contributed by atoms with Crippen molar-refractivity contribution in [1.29, 1.82) is 0 Å². The lowest BCUT2D eigenvalue weighted by molar-refractivity contribution is -0.116. The fraction of sp³-hybridized carbons (Fsp3) is 0.357. The Kier molecular flexibility index (Phi) is 4.68. The van der Waals surface area contributed by atoms with Gasteiger partial charge < -0.3 is 10.2 Å². The third-order valence-corrected chi connectivity index (χ3v) is 8.65. The number of amides is 1. The zero-order valence-corrected chi connectivity index (χ0v) is 20.1. The van der Waals surface area contributed by atoms with Crippen LogP contribution in [-0.2, 0) is 16.6 Å². The van der Waals surface area contributed by atoms with E-state index in [0.29, 0.717) is 23.9 Å². The Morgan fingerprint density at radius 1 is 1.17 bits per heavy atom. The van der Waals surface area contributed by atoms with Crippen molar-refractivity contribution in [2.24, 2.45) is 11.8 Å². The van der Waals surface area contributed by atoms with E-state index in [9.17, 15) is 9.18 Å². The van der Waals surface area contributed by atoms with Gasteiger partial charge in [-0.1, -0.05) is 31.2 Å². The molecule has 0 spiro atoms. The van der Waals surface area contributed by atoms with E-state index in [0.717, 1.165) is 71.8 Å². The predicted molar refractivity (Wildman–Crippen MR) is 136 cm³/mol. The molecule has 4 aromatic rings. The Balaban J connectivity index is 1.16. The molecule has 4 heterocycles. The summed E-state index contributed by atoms with van der Waals surface area (Å²) in [5.74, 6) is 1.71. The highest BCUT2D eigenvalue weighted by Crippen LogP contribution is 2.65. The van der Waals surface area contributed by atoms with Gasteiger partial charge in [0.25, 0.3) is 0 Å². The van der Waals surface area contributed by atoms with Crippen molar-refractivity contribution in [3.63, 3.8) is 0 Å². The van der Waals surface area contributed by atoms with Crippen LogP contribution in [0.15, 0.2) is 48.7 Å². The molecule has 2 aliphatic heterocycles. The number of aromatic amines is 1. The van der Waals surface area contributed by atoms with Crippen LogP contribution >= 0.6 is 0 Å². The summed E-state index contributed by atoms with van der Waals surface area (Å²) in [6.45, 7) is 3.91. The van der Waals surface area contributed by atoms with Gasteiger partial charge in [0.2, 0.25) is 11.6 Å². The number of aryl methyl sites for hydroxylation is 1. The van der Waals surface area contributed by atoms with Gasteiger partial charge in [-0.2, -0.15) is 5.10 Å². The van der Waals surface area contributed by atoms with Crippen molar-refractivity contribution in [1.82, 2.24) is 20.2 Å². The van der Waals surface area contributed by atoms with Gasteiger partial charge in [-0.15, -0.1) is 0 Å². The van der Waals surface area contributed by atoms with Crippen molar-refractivity contribution < 1.29 is 9.18 Å². The number of piperidine rings is 1. The number of hydrogen-bond acceptors (Lipinski definition) is 5. The van der Waals surface area contributed by atoms with Gasteiger partial charge in [-0.3, -0.25) is 9.89 Å². The summed E-state index contributed by atoms with van der Waals surface area (Å²) >= 11 is 0. The number of benzene rings is 2. The van der Waals surface area contributed by atoms with Crippen LogP contribution in [0.5, 0.6) is 0 Å². The maximum atomic E-state index is 14.7. The number of aromatic nitrogens is 4. The molecule has 3 atom stereocenters. The number of nitrogens with one attached hydrogen (secondary N) is 2. The molecular formula is C28H27FN6O. The van der Waals surface area contributed by atoms with Gasteiger partial charge in [0, 0.05) is 36.2 Å². The summed E-state index contributed by atoms with van der Waals surface area (Å²) in [5.41, 5.74) is 5.89. The molecule has 2 aromatic carbocycles. The van der Waals surface area contributed by atoms with Crippen molar-refractivity contribution >= 4 is 28.6 Å². The highest BCUT2D eigenvalue weighted by atomic mass is 19.1. The molecule has 182 valence electrons. The van der Waals surface area contributed by atoms with Crippen LogP contribution in [0.3, 0.4) is 0 Å². The zero-order chi connectivity index (χ0) is 24.4. The van der Waals surface area contributed by atoms with Crippen LogP contribution in [-0.4, -0.2) is 39.2 Å². The average Bonchev–Trinajstić information content (AvgIpc) is 3.36. The van der Waals surface area contributed by atoms with Gasteiger partial charge in [-0.05, 0) is 60.4 Å². The minimum Gasteiger partial charge on any atom is -0.355 e. The van der Waals surface area contributed by atoms with Crippen molar-refractivity contribution in [3.8, 4) is 11.3 Å². The number of carbonyl (C=O) groups is 1. The first-order valence-electron chi connectivity index (χ1n) is 12.7. The molecule has 0 radical (unpaired) electrons. The van der Waals surface area contributed by atoms with Crippen LogP contribution in [0.2, 0.25) is 0 Å². The topological polar surface area (TPSA) is 86.8 Å². The second kappa shape index (κ2) is 7.85. The summed E-state index contributed by atoms with van der Waals surface area (Å²) in [5, 5.41) is 10.5. The summed E-state index contributed by atoms with van der Waals surface area (Å²) in [4.78, 5) is 23.6. The largest absolute Gasteiger partial charge is 0.355 e. The third-order valence-electron chi connectivity index (χ3n) is 8.65. The van der Waals surface area contributed by atoms with Crippen LogP contribution < -0.4 is 10.2 Å². The molecule has 2 aromatic heterocycles. The number of fused-ring (bicyclic) bond motifs is 3. The van der Waals surface area contributed by atoms with Gasteiger partial charge in [0.05, 0.1) is 11.9 Å².